The van der Waals surface area contributed by atoms with Crippen molar-refractivity contribution in [1.29, 1.82) is 0 Å². The standard InChI is InChI=1S/C15H21N3O2/c1-3-18(2)14(19)10-17-15(20)12-8-11-6-4-5-7-13(11)16-9-12/h4-7,12,16H,3,8-10H2,1-2H3,(H,17,20). The van der Waals surface area contributed by atoms with Crippen LogP contribution in [0.3, 0.4) is 0 Å². The number of benzene rings is 1. The molecule has 1 unspecified atom stereocenters. The minimum Gasteiger partial charge on any atom is -0.384 e. The zero-order valence-electron chi connectivity index (χ0n) is 12.0. The highest BCUT2D eigenvalue weighted by Gasteiger charge is 2.24. The van der Waals surface area contributed by atoms with E-state index in [1.165, 1.54) is 0 Å². The summed E-state index contributed by atoms with van der Waals surface area (Å²) in [5.74, 6) is -0.250. The predicted octanol–water partition coefficient (Wildman–Crippen LogP) is 0.865. The predicted molar refractivity (Wildman–Crippen MR) is 78.4 cm³/mol. The number of para-hydroxylation sites is 1. The number of carbonyl (C=O) groups is 2. The Morgan fingerprint density at radius 2 is 2.15 bits per heavy atom. The maximum atomic E-state index is 12.1. The Kier molecular flexibility index (Phi) is 4.61. The summed E-state index contributed by atoms with van der Waals surface area (Å²) in [6.45, 7) is 3.23. The van der Waals surface area contributed by atoms with Gasteiger partial charge in [-0.3, -0.25) is 9.59 Å². The summed E-state index contributed by atoms with van der Waals surface area (Å²) in [5, 5.41) is 5.99. The lowest BCUT2D eigenvalue weighted by atomic mass is 9.93. The summed E-state index contributed by atoms with van der Waals surface area (Å²) >= 11 is 0. The second-order valence-corrected chi connectivity index (χ2v) is 5.06. The van der Waals surface area contributed by atoms with E-state index in [1.807, 2.05) is 31.2 Å². The summed E-state index contributed by atoms with van der Waals surface area (Å²) in [6.07, 6.45) is 0.715. The Morgan fingerprint density at radius 3 is 2.90 bits per heavy atom. The Balaban J connectivity index is 1.87. The van der Waals surface area contributed by atoms with Crippen molar-refractivity contribution < 1.29 is 9.59 Å². The van der Waals surface area contributed by atoms with Crippen molar-refractivity contribution >= 4 is 17.5 Å². The lowest BCUT2D eigenvalue weighted by Gasteiger charge is -2.25. The summed E-state index contributed by atoms with van der Waals surface area (Å²) in [7, 11) is 1.73. The van der Waals surface area contributed by atoms with Crippen molar-refractivity contribution in [3.63, 3.8) is 0 Å². The lowest BCUT2D eigenvalue weighted by Crippen LogP contribution is -2.43. The fraction of sp³-hybridized carbons (Fsp3) is 0.467. The number of carbonyl (C=O) groups excluding carboxylic acids is 2. The first-order chi connectivity index (χ1) is 9.61. The van der Waals surface area contributed by atoms with Gasteiger partial charge in [-0.15, -0.1) is 0 Å². The molecule has 1 aliphatic heterocycles. The second kappa shape index (κ2) is 6.41. The molecule has 5 heteroatoms. The van der Waals surface area contributed by atoms with Gasteiger partial charge in [-0.25, -0.2) is 0 Å². The first-order valence-corrected chi connectivity index (χ1v) is 6.95. The molecule has 1 aromatic carbocycles. The van der Waals surface area contributed by atoms with Crippen LogP contribution in [0.15, 0.2) is 24.3 Å². The van der Waals surface area contributed by atoms with Crippen LogP contribution < -0.4 is 10.6 Å². The van der Waals surface area contributed by atoms with Gasteiger partial charge in [-0.1, -0.05) is 18.2 Å². The number of hydrogen-bond donors (Lipinski definition) is 2. The highest BCUT2D eigenvalue weighted by atomic mass is 16.2. The van der Waals surface area contributed by atoms with Gasteiger partial charge < -0.3 is 15.5 Å². The Hall–Kier alpha value is -2.04. The first-order valence-electron chi connectivity index (χ1n) is 6.95. The Bertz CT molecular complexity index is 502. The van der Waals surface area contributed by atoms with Crippen molar-refractivity contribution in [3.8, 4) is 0 Å². The third kappa shape index (κ3) is 3.29. The number of rotatable bonds is 4. The number of likely N-dealkylation sites (N-methyl/N-ethyl adjacent to an activating group) is 1. The van der Waals surface area contributed by atoms with Crippen LogP contribution >= 0.6 is 0 Å². The zero-order valence-corrected chi connectivity index (χ0v) is 12.0. The van der Waals surface area contributed by atoms with Gasteiger partial charge in [-0.05, 0) is 25.0 Å². The van der Waals surface area contributed by atoms with Gasteiger partial charge in [-0.2, -0.15) is 0 Å². The molecule has 0 aliphatic carbocycles. The van der Waals surface area contributed by atoms with Gasteiger partial charge in [0.15, 0.2) is 0 Å². The molecule has 0 radical (unpaired) electrons. The fourth-order valence-corrected chi connectivity index (χ4v) is 2.25. The maximum absolute atomic E-state index is 12.1. The van der Waals surface area contributed by atoms with E-state index in [0.29, 0.717) is 19.5 Å². The molecule has 0 aromatic heterocycles. The van der Waals surface area contributed by atoms with Crippen LogP contribution in [-0.2, 0) is 16.0 Å². The van der Waals surface area contributed by atoms with Gasteiger partial charge >= 0.3 is 0 Å². The van der Waals surface area contributed by atoms with E-state index in [0.717, 1.165) is 11.3 Å². The normalized spacial score (nSPS) is 16.8. The van der Waals surface area contributed by atoms with E-state index in [1.54, 1.807) is 11.9 Å². The fourth-order valence-electron chi connectivity index (χ4n) is 2.25. The monoisotopic (exact) mass is 275 g/mol. The minimum atomic E-state index is -0.121. The number of amides is 2. The molecular formula is C15H21N3O2. The number of fused-ring (bicyclic) bond motifs is 1. The van der Waals surface area contributed by atoms with Crippen molar-refractivity contribution in [2.24, 2.45) is 5.92 Å². The molecule has 0 spiro atoms. The average molecular weight is 275 g/mol. The van der Waals surface area contributed by atoms with Gasteiger partial charge in [0.05, 0.1) is 12.5 Å². The number of nitrogens with zero attached hydrogens (tertiary/aromatic N) is 1. The summed E-state index contributed by atoms with van der Waals surface area (Å²) in [6, 6.07) is 7.99. The van der Waals surface area contributed by atoms with Gasteiger partial charge in [0.2, 0.25) is 11.8 Å². The molecule has 20 heavy (non-hydrogen) atoms. The van der Waals surface area contributed by atoms with Crippen LogP contribution in [0.2, 0.25) is 0 Å². The molecule has 1 atom stereocenters. The average Bonchev–Trinajstić information content (AvgIpc) is 2.50. The van der Waals surface area contributed by atoms with Crippen molar-refractivity contribution in [1.82, 2.24) is 10.2 Å². The van der Waals surface area contributed by atoms with Crippen LogP contribution in [-0.4, -0.2) is 43.4 Å². The Labute approximate surface area is 119 Å². The molecule has 2 rings (SSSR count). The lowest BCUT2D eigenvalue weighted by molar-refractivity contribution is -0.132. The molecule has 0 fully saturated rings. The van der Waals surface area contributed by atoms with Crippen molar-refractivity contribution in [3.05, 3.63) is 29.8 Å². The van der Waals surface area contributed by atoms with E-state index in [4.69, 9.17) is 0 Å². The van der Waals surface area contributed by atoms with Crippen molar-refractivity contribution in [2.75, 3.05) is 32.0 Å². The SMILES string of the molecule is CCN(C)C(=O)CNC(=O)C1CNc2ccccc2C1. The molecule has 2 amide bonds. The van der Waals surface area contributed by atoms with E-state index in [2.05, 4.69) is 10.6 Å². The topological polar surface area (TPSA) is 61.4 Å². The van der Waals surface area contributed by atoms with Gasteiger partial charge in [0.25, 0.3) is 0 Å². The zero-order chi connectivity index (χ0) is 14.5. The molecule has 1 aromatic rings. The molecule has 2 N–H and O–H groups in total. The van der Waals surface area contributed by atoms with E-state index in [9.17, 15) is 9.59 Å². The highest BCUT2D eigenvalue weighted by molar-refractivity contribution is 5.86. The number of anilines is 1. The van der Waals surface area contributed by atoms with E-state index < -0.39 is 0 Å². The van der Waals surface area contributed by atoms with Crippen LogP contribution in [0.25, 0.3) is 0 Å². The molecule has 0 saturated heterocycles. The second-order valence-electron chi connectivity index (χ2n) is 5.06. The van der Waals surface area contributed by atoms with Crippen LogP contribution in [0.4, 0.5) is 5.69 Å². The summed E-state index contributed by atoms with van der Waals surface area (Å²) in [5.41, 5.74) is 2.24. The molecule has 5 nitrogen and oxygen atoms in total. The maximum Gasteiger partial charge on any atom is 0.241 e. The van der Waals surface area contributed by atoms with Gasteiger partial charge in [0.1, 0.15) is 0 Å². The summed E-state index contributed by atoms with van der Waals surface area (Å²) < 4.78 is 0. The van der Waals surface area contributed by atoms with E-state index in [-0.39, 0.29) is 24.3 Å². The number of hydrogen-bond acceptors (Lipinski definition) is 3. The third-order valence-electron chi connectivity index (χ3n) is 3.71. The molecule has 108 valence electrons. The largest absolute Gasteiger partial charge is 0.384 e. The van der Waals surface area contributed by atoms with Gasteiger partial charge in [0, 0.05) is 25.8 Å². The van der Waals surface area contributed by atoms with Crippen LogP contribution in [0.1, 0.15) is 12.5 Å². The van der Waals surface area contributed by atoms with Crippen LogP contribution in [0.5, 0.6) is 0 Å². The van der Waals surface area contributed by atoms with Crippen LogP contribution in [0, 0.1) is 5.92 Å². The highest BCUT2D eigenvalue weighted by Crippen LogP contribution is 2.24. The summed E-state index contributed by atoms with van der Waals surface area (Å²) in [4.78, 5) is 25.3. The molecular weight excluding hydrogens is 254 g/mol. The Morgan fingerprint density at radius 1 is 1.40 bits per heavy atom. The number of nitrogens with one attached hydrogen (secondary N) is 2. The van der Waals surface area contributed by atoms with E-state index >= 15 is 0 Å². The minimum absolute atomic E-state index is 0.0648. The molecule has 1 heterocycles. The third-order valence-corrected chi connectivity index (χ3v) is 3.71. The van der Waals surface area contributed by atoms with Crippen molar-refractivity contribution in [2.45, 2.75) is 13.3 Å². The molecule has 1 aliphatic rings. The quantitative estimate of drug-likeness (QED) is 0.857. The smallest absolute Gasteiger partial charge is 0.241 e. The molecule has 0 saturated carbocycles. The first kappa shape index (κ1) is 14.4. The molecule has 0 bridgehead atoms.